The molecule has 1 aromatic heterocycles. The van der Waals surface area contributed by atoms with Gasteiger partial charge in [-0.1, -0.05) is 42.5 Å². The number of carbonyl (C=O) groups excluding carboxylic acids is 2. The van der Waals surface area contributed by atoms with Crippen molar-refractivity contribution < 1.29 is 14.3 Å². The van der Waals surface area contributed by atoms with Crippen LogP contribution >= 0.6 is 0 Å². The van der Waals surface area contributed by atoms with Crippen LogP contribution < -0.4 is 5.32 Å². The van der Waals surface area contributed by atoms with Crippen LogP contribution in [0, 0.1) is 6.92 Å². The normalized spacial score (nSPS) is 10.7. The molecular weight excluding hydrogens is 340 g/mol. The van der Waals surface area contributed by atoms with Gasteiger partial charge in [-0.2, -0.15) is 0 Å². The minimum atomic E-state index is -0.366. The Morgan fingerprint density at radius 2 is 1.78 bits per heavy atom. The zero-order chi connectivity index (χ0) is 19.1. The van der Waals surface area contributed by atoms with Gasteiger partial charge in [0.25, 0.3) is 5.91 Å². The molecule has 0 unspecified atom stereocenters. The molecule has 5 nitrogen and oxygen atoms in total. The molecule has 2 N–H and O–H groups in total. The van der Waals surface area contributed by atoms with E-state index in [1.165, 1.54) is 11.1 Å². The Morgan fingerprint density at radius 3 is 2.63 bits per heavy atom. The van der Waals surface area contributed by atoms with Gasteiger partial charge in [-0.3, -0.25) is 9.59 Å². The highest BCUT2D eigenvalue weighted by molar-refractivity contribution is 5.84. The molecule has 0 spiro atoms. The molecule has 3 rings (SSSR count). The number of para-hydroxylation sites is 1. The number of hydrogen-bond acceptors (Lipinski definition) is 3. The Balaban J connectivity index is 1.36. The molecule has 27 heavy (non-hydrogen) atoms. The summed E-state index contributed by atoms with van der Waals surface area (Å²) in [7, 11) is 0. The largest absolute Gasteiger partial charge is 0.456 e. The Bertz CT molecular complexity index is 930. The van der Waals surface area contributed by atoms with Crippen LogP contribution in [0.5, 0.6) is 0 Å². The maximum Gasteiger partial charge on any atom is 0.306 e. The predicted octanol–water partition coefficient (Wildman–Crippen LogP) is 3.31. The number of rotatable bonds is 8. The van der Waals surface area contributed by atoms with Crippen LogP contribution in [0.3, 0.4) is 0 Å². The number of carbonyl (C=O) groups is 2. The molecule has 1 amide bonds. The molecule has 140 valence electrons. The Hall–Kier alpha value is -3.08. The van der Waals surface area contributed by atoms with Crippen molar-refractivity contribution in [3.63, 3.8) is 0 Å². The zero-order valence-electron chi connectivity index (χ0n) is 15.5. The van der Waals surface area contributed by atoms with Crippen molar-refractivity contribution in [2.75, 3.05) is 13.2 Å². The van der Waals surface area contributed by atoms with E-state index in [0.29, 0.717) is 13.0 Å². The second-order valence-corrected chi connectivity index (χ2v) is 6.55. The van der Waals surface area contributed by atoms with Crippen molar-refractivity contribution in [3.8, 4) is 0 Å². The molecule has 0 radical (unpaired) electrons. The van der Waals surface area contributed by atoms with Gasteiger partial charge >= 0.3 is 5.97 Å². The Morgan fingerprint density at radius 1 is 1.00 bits per heavy atom. The number of ether oxygens (including phenoxy) is 1. The average Bonchev–Trinajstić information content (AvgIpc) is 3.09. The fourth-order valence-electron chi connectivity index (χ4n) is 3.07. The second-order valence-electron chi connectivity index (χ2n) is 6.55. The Labute approximate surface area is 158 Å². The fourth-order valence-corrected chi connectivity index (χ4v) is 3.07. The molecule has 0 bridgehead atoms. The van der Waals surface area contributed by atoms with Gasteiger partial charge in [-0.25, -0.2) is 0 Å². The molecular formula is C22H24N2O3. The number of aryl methyl sites for hydroxylation is 2. The first-order valence-corrected chi connectivity index (χ1v) is 9.15. The highest BCUT2D eigenvalue weighted by Crippen LogP contribution is 2.19. The van der Waals surface area contributed by atoms with E-state index < -0.39 is 0 Å². The van der Waals surface area contributed by atoms with Crippen molar-refractivity contribution >= 4 is 22.8 Å². The van der Waals surface area contributed by atoms with Crippen LogP contribution in [0.15, 0.2) is 54.7 Å². The molecule has 0 saturated carbocycles. The number of esters is 1. The Kier molecular flexibility index (Phi) is 6.26. The third-order valence-corrected chi connectivity index (χ3v) is 4.62. The highest BCUT2D eigenvalue weighted by Gasteiger charge is 2.10. The molecule has 3 aromatic rings. The predicted molar refractivity (Wildman–Crippen MR) is 105 cm³/mol. The summed E-state index contributed by atoms with van der Waals surface area (Å²) in [5.41, 5.74) is 4.53. The lowest BCUT2D eigenvalue weighted by Crippen LogP contribution is -2.30. The van der Waals surface area contributed by atoms with Crippen molar-refractivity contribution in [2.24, 2.45) is 0 Å². The third kappa shape index (κ3) is 5.20. The molecule has 0 atom stereocenters. The van der Waals surface area contributed by atoms with Gasteiger partial charge in [0.1, 0.15) is 0 Å². The van der Waals surface area contributed by atoms with Crippen LogP contribution in [0.25, 0.3) is 10.9 Å². The smallest absolute Gasteiger partial charge is 0.306 e. The summed E-state index contributed by atoms with van der Waals surface area (Å²) in [4.78, 5) is 26.9. The number of H-pyrrole nitrogens is 1. The molecule has 2 aromatic carbocycles. The van der Waals surface area contributed by atoms with E-state index in [2.05, 4.69) is 10.3 Å². The van der Waals surface area contributed by atoms with Gasteiger partial charge in [-0.05, 0) is 42.5 Å². The first-order valence-electron chi connectivity index (χ1n) is 9.15. The van der Waals surface area contributed by atoms with E-state index in [0.717, 1.165) is 22.9 Å². The van der Waals surface area contributed by atoms with Gasteiger partial charge in [0, 0.05) is 30.1 Å². The molecule has 0 aliphatic rings. The molecule has 0 aliphatic carbocycles. The summed E-state index contributed by atoms with van der Waals surface area (Å²) in [5, 5.41) is 3.90. The number of aromatic amines is 1. The lowest BCUT2D eigenvalue weighted by molar-refractivity contribution is -0.148. The van der Waals surface area contributed by atoms with Gasteiger partial charge in [0.05, 0.1) is 0 Å². The van der Waals surface area contributed by atoms with Gasteiger partial charge in [-0.15, -0.1) is 0 Å². The fraction of sp³-hybridized carbons (Fsp3) is 0.273. The zero-order valence-corrected chi connectivity index (χ0v) is 15.5. The minimum absolute atomic E-state index is 0.236. The van der Waals surface area contributed by atoms with Crippen LogP contribution in [0.4, 0.5) is 0 Å². The number of aromatic nitrogens is 1. The monoisotopic (exact) mass is 364 g/mol. The SMILES string of the molecule is Cc1ccccc1CCNC(=O)COC(=O)CCc1c[nH]c2ccccc12. The molecule has 0 aliphatic heterocycles. The summed E-state index contributed by atoms with van der Waals surface area (Å²) in [5.74, 6) is -0.640. The van der Waals surface area contributed by atoms with Crippen molar-refractivity contribution in [1.29, 1.82) is 0 Å². The number of hydrogen-bond donors (Lipinski definition) is 2. The number of fused-ring (bicyclic) bond motifs is 1. The van der Waals surface area contributed by atoms with E-state index in [-0.39, 0.29) is 24.9 Å². The molecule has 5 heteroatoms. The summed E-state index contributed by atoms with van der Waals surface area (Å²) >= 11 is 0. The van der Waals surface area contributed by atoms with Gasteiger partial charge in [0.2, 0.25) is 0 Å². The van der Waals surface area contributed by atoms with E-state index in [1.807, 2.05) is 61.7 Å². The standard InChI is InChI=1S/C22H24N2O3/c1-16-6-2-3-7-17(16)12-13-23-21(25)15-27-22(26)11-10-18-14-24-20-9-5-4-8-19(18)20/h2-9,14,24H,10-13,15H2,1H3,(H,23,25). The van der Waals surface area contributed by atoms with E-state index in [9.17, 15) is 9.59 Å². The topological polar surface area (TPSA) is 71.2 Å². The van der Waals surface area contributed by atoms with Crippen LogP contribution in [-0.4, -0.2) is 30.0 Å². The average molecular weight is 364 g/mol. The molecule has 0 saturated heterocycles. The lowest BCUT2D eigenvalue weighted by atomic mass is 10.1. The van der Waals surface area contributed by atoms with Crippen LogP contribution in [-0.2, 0) is 27.2 Å². The van der Waals surface area contributed by atoms with Crippen molar-refractivity contribution in [2.45, 2.75) is 26.2 Å². The number of benzene rings is 2. The van der Waals surface area contributed by atoms with Crippen LogP contribution in [0.2, 0.25) is 0 Å². The van der Waals surface area contributed by atoms with Crippen LogP contribution in [0.1, 0.15) is 23.1 Å². The van der Waals surface area contributed by atoms with Gasteiger partial charge < -0.3 is 15.0 Å². The lowest BCUT2D eigenvalue weighted by Gasteiger charge is -2.08. The minimum Gasteiger partial charge on any atom is -0.456 e. The number of nitrogens with one attached hydrogen (secondary N) is 2. The van der Waals surface area contributed by atoms with E-state index in [4.69, 9.17) is 4.74 Å². The summed E-state index contributed by atoms with van der Waals surface area (Å²) in [6.07, 6.45) is 3.50. The van der Waals surface area contributed by atoms with E-state index in [1.54, 1.807) is 0 Å². The first-order chi connectivity index (χ1) is 13.1. The molecule has 1 heterocycles. The summed E-state index contributed by atoms with van der Waals surface area (Å²) in [6, 6.07) is 16.0. The quantitative estimate of drug-likeness (QED) is 0.603. The van der Waals surface area contributed by atoms with Gasteiger partial charge in [0.15, 0.2) is 6.61 Å². The number of amides is 1. The van der Waals surface area contributed by atoms with Crippen molar-refractivity contribution in [1.82, 2.24) is 10.3 Å². The van der Waals surface area contributed by atoms with Crippen molar-refractivity contribution in [3.05, 3.63) is 71.4 Å². The highest BCUT2D eigenvalue weighted by atomic mass is 16.5. The first kappa shape index (κ1) is 18.7. The maximum atomic E-state index is 11.9. The summed E-state index contributed by atoms with van der Waals surface area (Å²) in [6.45, 7) is 2.34. The second kappa shape index (κ2) is 9.03. The maximum absolute atomic E-state index is 11.9. The summed E-state index contributed by atoms with van der Waals surface area (Å²) < 4.78 is 5.08. The molecule has 0 fully saturated rings. The third-order valence-electron chi connectivity index (χ3n) is 4.62. The van der Waals surface area contributed by atoms with E-state index >= 15 is 0 Å².